The van der Waals surface area contributed by atoms with Crippen molar-refractivity contribution in [1.82, 2.24) is 4.90 Å². The number of halogens is 1. The molecule has 3 atom stereocenters. The predicted octanol–water partition coefficient (Wildman–Crippen LogP) is 7.24. The Labute approximate surface area is 211 Å². The summed E-state index contributed by atoms with van der Waals surface area (Å²) in [6, 6.07) is 18.0. The Morgan fingerprint density at radius 3 is 2.33 bits per heavy atom. The van der Waals surface area contributed by atoms with Gasteiger partial charge in [-0.1, -0.05) is 54.6 Å². The maximum atomic E-state index is 14.5. The minimum Gasteiger partial charge on any atom is -0.481 e. The van der Waals surface area contributed by atoms with Gasteiger partial charge in [-0.2, -0.15) is 0 Å². The predicted molar refractivity (Wildman–Crippen MR) is 139 cm³/mol. The van der Waals surface area contributed by atoms with Crippen molar-refractivity contribution in [3.8, 4) is 0 Å². The van der Waals surface area contributed by atoms with Gasteiger partial charge >= 0.3 is 12.1 Å². The number of rotatable bonds is 6. The molecule has 190 valence electrons. The monoisotopic (exact) mass is 491 g/mol. The van der Waals surface area contributed by atoms with Gasteiger partial charge in [0, 0.05) is 11.4 Å². The standard InChI is InChI=1S/C30H34FNO4/c1-19(24-15-16-27(31)26-8-6-5-7-25(24)26)32(29(35)36-30(2,3)4)23-14-13-22(18-23)21-11-9-20(10-12-21)17-28(33)34/h5-12,15-16,19,22-23H,13-14,17-18H2,1-4H3,(H,33,34)/t19-,22-,23+/m1/s1. The molecule has 1 N–H and O–H groups in total. The number of carbonyl (C=O) groups excluding carboxylic acids is 1. The highest BCUT2D eigenvalue weighted by atomic mass is 19.1. The summed E-state index contributed by atoms with van der Waals surface area (Å²) in [5.74, 6) is -0.868. The van der Waals surface area contributed by atoms with Crippen LogP contribution in [-0.4, -0.2) is 33.7 Å². The van der Waals surface area contributed by atoms with Crippen LogP contribution in [0, 0.1) is 5.82 Å². The Balaban J connectivity index is 1.63. The number of benzene rings is 3. The van der Waals surface area contributed by atoms with Crippen LogP contribution < -0.4 is 0 Å². The molecule has 0 saturated heterocycles. The van der Waals surface area contributed by atoms with Crippen LogP contribution in [0.2, 0.25) is 0 Å². The molecule has 36 heavy (non-hydrogen) atoms. The molecular formula is C30H34FNO4. The lowest BCUT2D eigenvalue weighted by molar-refractivity contribution is -0.136. The molecule has 0 bridgehead atoms. The van der Waals surface area contributed by atoms with E-state index in [1.54, 1.807) is 12.1 Å². The van der Waals surface area contributed by atoms with Gasteiger partial charge in [0.05, 0.1) is 12.5 Å². The summed E-state index contributed by atoms with van der Waals surface area (Å²) in [6.07, 6.45) is 2.15. The molecule has 1 saturated carbocycles. The van der Waals surface area contributed by atoms with Crippen molar-refractivity contribution in [2.75, 3.05) is 0 Å². The summed E-state index contributed by atoms with van der Waals surface area (Å²) in [5, 5.41) is 10.4. The van der Waals surface area contributed by atoms with Crippen molar-refractivity contribution < 1.29 is 23.8 Å². The van der Waals surface area contributed by atoms with Crippen molar-refractivity contribution in [3.05, 3.63) is 83.2 Å². The van der Waals surface area contributed by atoms with Crippen molar-refractivity contribution in [3.63, 3.8) is 0 Å². The second kappa shape index (κ2) is 10.3. The lowest BCUT2D eigenvalue weighted by Gasteiger charge is -2.37. The van der Waals surface area contributed by atoms with Crippen molar-refractivity contribution >= 4 is 22.8 Å². The van der Waals surface area contributed by atoms with Gasteiger partial charge in [0.15, 0.2) is 0 Å². The maximum absolute atomic E-state index is 14.5. The number of hydrogen-bond donors (Lipinski definition) is 1. The van der Waals surface area contributed by atoms with Gasteiger partial charge < -0.3 is 9.84 Å². The lowest BCUT2D eigenvalue weighted by atomic mass is 9.95. The first-order valence-electron chi connectivity index (χ1n) is 12.5. The second-order valence-corrected chi connectivity index (χ2v) is 10.7. The van der Waals surface area contributed by atoms with Crippen LogP contribution in [0.15, 0.2) is 60.7 Å². The summed E-state index contributed by atoms with van der Waals surface area (Å²) in [5.41, 5.74) is 2.17. The Hall–Kier alpha value is -3.41. The highest BCUT2D eigenvalue weighted by molar-refractivity contribution is 5.87. The summed E-state index contributed by atoms with van der Waals surface area (Å²) >= 11 is 0. The quantitative estimate of drug-likeness (QED) is 0.395. The molecule has 4 rings (SSSR count). The van der Waals surface area contributed by atoms with Crippen LogP contribution in [-0.2, 0) is 16.0 Å². The molecule has 0 heterocycles. The Morgan fingerprint density at radius 1 is 1.03 bits per heavy atom. The molecule has 0 aliphatic heterocycles. The van der Waals surface area contributed by atoms with Gasteiger partial charge in [-0.25, -0.2) is 9.18 Å². The first kappa shape index (κ1) is 25.7. The number of amides is 1. The van der Waals surface area contributed by atoms with Gasteiger partial charge in [-0.05, 0) is 81.0 Å². The summed E-state index contributed by atoms with van der Waals surface area (Å²) in [7, 11) is 0. The van der Waals surface area contributed by atoms with Crippen LogP contribution in [0.5, 0.6) is 0 Å². The Morgan fingerprint density at radius 2 is 1.69 bits per heavy atom. The molecule has 5 nitrogen and oxygen atoms in total. The second-order valence-electron chi connectivity index (χ2n) is 10.7. The number of carboxylic acid groups (broad SMARTS) is 1. The van der Waals surface area contributed by atoms with E-state index < -0.39 is 11.6 Å². The van der Waals surface area contributed by atoms with E-state index in [9.17, 15) is 14.0 Å². The molecule has 0 unspecified atom stereocenters. The van der Waals surface area contributed by atoms with Crippen LogP contribution >= 0.6 is 0 Å². The number of fused-ring (bicyclic) bond motifs is 1. The SMILES string of the molecule is C[C@H](c1ccc(F)c2ccccc12)N(C(=O)OC(C)(C)C)[C@H]1CC[C@@H](c2ccc(CC(=O)O)cc2)C1. The Bertz CT molecular complexity index is 1250. The van der Waals surface area contributed by atoms with E-state index in [-0.39, 0.29) is 36.3 Å². The van der Waals surface area contributed by atoms with Gasteiger partial charge in [-0.15, -0.1) is 0 Å². The third kappa shape index (κ3) is 5.69. The Kier molecular flexibility index (Phi) is 7.34. The summed E-state index contributed by atoms with van der Waals surface area (Å²) in [6.45, 7) is 7.56. The number of hydrogen-bond acceptors (Lipinski definition) is 3. The zero-order chi connectivity index (χ0) is 26.0. The molecule has 0 spiro atoms. The van der Waals surface area contributed by atoms with Gasteiger partial charge in [0.2, 0.25) is 0 Å². The minimum absolute atomic E-state index is 0.00311. The normalized spacial score (nSPS) is 18.7. The van der Waals surface area contributed by atoms with Crippen LogP contribution in [0.3, 0.4) is 0 Å². The molecule has 1 aliphatic carbocycles. The number of carboxylic acids is 1. The molecule has 1 amide bonds. The van der Waals surface area contributed by atoms with Crippen LogP contribution in [0.4, 0.5) is 9.18 Å². The van der Waals surface area contributed by atoms with Crippen LogP contribution in [0.25, 0.3) is 10.8 Å². The van der Waals surface area contributed by atoms with E-state index >= 15 is 0 Å². The van der Waals surface area contributed by atoms with Crippen molar-refractivity contribution in [2.45, 2.75) is 77.0 Å². The summed E-state index contributed by atoms with van der Waals surface area (Å²) in [4.78, 5) is 26.4. The van der Waals surface area contributed by atoms with Crippen molar-refractivity contribution in [1.29, 1.82) is 0 Å². The molecule has 3 aromatic carbocycles. The van der Waals surface area contributed by atoms with E-state index in [0.717, 1.165) is 41.3 Å². The third-order valence-electron chi connectivity index (χ3n) is 6.98. The highest BCUT2D eigenvalue weighted by Gasteiger charge is 2.38. The fourth-order valence-corrected chi connectivity index (χ4v) is 5.33. The summed E-state index contributed by atoms with van der Waals surface area (Å²) < 4.78 is 20.4. The zero-order valence-electron chi connectivity index (χ0n) is 21.3. The minimum atomic E-state index is -0.848. The molecule has 3 aromatic rings. The highest BCUT2D eigenvalue weighted by Crippen LogP contribution is 2.41. The largest absolute Gasteiger partial charge is 0.481 e. The fraction of sp³-hybridized carbons (Fsp3) is 0.400. The van der Waals surface area contributed by atoms with E-state index in [2.05, 4.69) is 0 Å². The van der Waals surface area contributed by atoms with Gasteiger partial charge in [0.25, 0.3) is 0 Å². The number of carbonyl (C=O) groups is 2. The van der Waals surface area contributed by atoms with Crippen molar-refractivity contribution in [2.24, 2.45) is 0 Å². The number of aliphatic carboxylic acids is 1. The average Bonchev–Trinajstić information content (AvgIpc) is 3.28. The van der Waals surface area contributed by atoms with Crippen LogP contribution in [0.1, 0.15) is 75.6 Å². The molecular weight excluding hydrogens is 457 g/mol. The molecule has 6 heteroatoms. The smallest absolute Gasteiger partial charge is 0.411 e. The molecule has 0 radical (unpaired) electrons. The topological polar surface area (TPSA) is 66.8 Å². The van der Waals surface area contributed by atoms with E-state index in [1.807, 2.05) is 75.1 Å². The number of ether oxygens (including phenoxy) is 1. The van der Waals surface area contributed by atoms with Gasteiger partial charge in [-0.3, -0.25) is 9.69 Å². The molecule has 1 fully saturated rings. The zero-order valence-corrected chi connectivity index (χ0v) is 21.3. The number of nitrogens with zero attached hydrogens (tertiary/aromatic N) is 1. The first-order chi connectivity index (χ1) is 17.0. The van der Waals surface area contributed by atoms with E-state index in [0.29, 0.717) is 5.39 Å². The molecule has 1 aliphatic rings. The average molecular weight is 492 g/mol. The molecule has 0 aromatic heterocycles. The third-order valence-corrected chi connectivity index (χ3v) is 6.98. The van der Waals surface area contributed by atoms with E-state index in [4.69, 9.17) is 9.84 Å². The lowest BCUT2D eigenvalue weighted by Crippen LogP contribution is -2.44. The van der Waals surface area contributed by atoms with E-state index in [1.165, 1.54) is 6.07 Å². The first-order valence-corrected chi connectivity index (χ1v) is 12.5. The maximum Gasteiger partial charge on any atom is 0.411 e. The van der Waals surface area contributed by atoms with Gasteiger partial charge in [0.1, 0.15) is 11.4 Å². The fourth-order valence-electron chi connectivity index (χ4n) is 5.33.